The molecule has 4 aromatic rings. The first-order chi connectivity index (χ1) is 24.6. The molecule has 12 heteroatoms. The Morgan fingerprint density at radius 2 is 1.04 bits per heavy atom. The van der Waals surface area contributed by atoms with Gasteiger partial charge in [0.15, 0.2) is 46.0 Å². The molecule has 0 bridgehead atoms. The Morgan fingerprint density at radius 3 is 1.51 bits per heavy atom. The number of benzene rings is 4. The standard InChI is InChI=1S/C39H44O12/c1-20(22-8-9-27(40)28(13-22)43-2)10-21-11-33(47-6)39(34(12-21)48-7)51-32-17-24(16-31(46-5)36(32)42)38-26-19-49-37(25(26)18-50-38)23-14-29(44-3)35(41)30(15-23)45-4/h8-9,11-17,20,25-26,37-38,40-42H,10,18-19H2,1-7H3. The molecule has 2 saturated heterocycles. The van der Waals surface area contributed by atoms with Crippen molar-refractivity contribution in [2.24, 2.45) is 11.8 Å². The number of methoxy groups -OCH3 is 6. The third-order valence-electron chi connectivity index (χ3n) is 9.75. The molecule has 2 aliphatic heterocycles. The molecule has 272 valence electrons. The molecule has 2 heterocycles. The van der Waals surface area contributed by atoms with Crippen molar-refractivity contribution in [2.75, 3.05) is 55.9 Å². The van der Waals surface area contributed by atoms with Gasteiger partial charge in [0.1, 0.15) is 0 Å². The minimum atomic E-state index is -0.385. The summed E-state index contributed by atoms with van der Waals surface area (Å²) in [5.74, 6) is 2.30. The predicted octanol–water partition coefficient (Wildman–Crippen LogP) is 7.07. The molecule has 0 aromatic heterocycles. The largest absolute Gasteiger partial charge is 0.504 e. The van der Waals surface area contributed by atoms with Crippen molar-refractivity contribution in [3.05, 3.63) is 76.9 Å². The molecule has 0 radical (unpaired) electrons. The third kappa shape index (κ3) is 6.81. The Kier molecular flexibility index (Phi) is 10.4. The summed E-state index contributed by atoms with van der Waals surface area (Å²) < 4.78 is 52.2. The van der Waals surface area contributed by atoms with Gasteiger partial charge in [-0.15, -0.1) is 0 Å². The first kappa shape index (κ1) is 35.6. The Bertz CT molecular complexity index is 1820. The van der Waals surface area contributed by atoms with E-state index in [1.54, 1.807) is 44.6 Å². The molecule has 51 heavy (non-hydrogen) atoms. The number of rotatable bonds is 13. The SMILES string of the molecule is COc1cc(C(C)Cc2cc(OC)c(Oc3cc(C4OCC5C(c6cc(OC)c(O)c(OC)c6)OCC45)cc(OC)c3O)c(OC)c2)ccc1O. The lowest BCUT2D eigenvalue weighted by atomic mass is 9.84. The van der Waals surface area contributed by atoms with Gasteiger partial charge in [0, 0.05) is 11.8 Å². The van der Waals surface area contributed by atoms with Crippen molar-refractivity contribution in [2.45, 2.75) is 31.5 Å². The van der Waals surface area contributed by atoms with Gasteiger partial charge < -0.3 is 58.0 Å². The molecule has 4 aromatic carbocycles. The summed E-state index contributed by atoms with van der Waals surface area (Å²) in [4.78, 5) is 0. The van der Waals surface area contributed by atoms with Gasteiger partial charge in [0.2, 0.25) is 17.2 Å². The van der Waals surface area contributed by atoms with Crippen LogP contribution in [0.5, 0.6) is 63.2 Å². The number of hydrogen-bond donors (Lipinski definition) is 3. The molecular formula is C39H44O12. The highest BCUT2D eigenvalue weighted by atomic mass is 16.5. The molecular weight excluding hydrogens is 660 g/mol. The summed E-state index contributed by atoms with van der Waals surface area (Å²) in [7, 11) is 9.05. The van der Waals surface area contributed by atoms with Crippen molar-refractivity contribution >= 4 is 0 Å². The van der Waals surface area contributed by atoms with Crippen LogP contribution in [0.1, 0.15) is 47.3 Å². The van der Waals surface area contributed by atoms with Crippen molar-refractivity contribution < 1.29 is 58.0 Å². The quantitative estimate of drug-likeness (QED) is 0.131. The minimum absolute atomic E-state index is 0.00379. The van der Waals surface area contributed by atoms with Crippen molar-refractivity contribution in [3.8, 4) is 63.2 Å². The van der Waals surface area contributed by atoms with Crippen LogP contribution in [0.15, 0.2) is 54.6 Å². The molecule has 5 atom stereocenters. The van der Waals surface area contributed by atoms with Crippen LogP contribution in [-0.4, -0.2) is 71.2 Å². The van der Waals surface area contributed by atoms with E-state index in [0.717, 1.165) is 22.3 Å². The molecule has 0 amide bonds. The number of phenols is 3. The van der Waals surface area contributed by atoms with Crippen LogP contribution in [0, 0.1) is 11.8 Å². The highest BCUT2D eigenvalue weighted by Gasteiger charge is 2.48. The maximum absolute atomic E-state index is 11.2. The summed E-state index contributed by atoms with van der Waals surface area (Å²) >= 11 is 0. The first-order valence-corrected chi connectivity index (χ1v) is 16.5. The lowest BCUT2D eigenvalue weighted by Crippen LogP contribution is -2.15. The Balaban J connectivity index is 1.27. The van der Waals surface area contributed by atoms with Crippen molar-refractivity contribution in [1.82, 2.24) is 0 Å². The van der Waals surface area contributed by atoms with E-state index in [-0.39, 0.29) is 64.5 Å². The lowest BCUT2D eigenvalue weighted by molar-refractivity contribution is 0.0190. The van der Waals surface area contributed by atoms with Crippen LogP contribution in [0.25, 0.3) is 0 Å². The van der Waals surface area contributed by atoms with E-state index in [1.807, 2.05) is 24.3 Å². The van der Waals surface area contributed by atoms with Gasteiger partial charge in [0.25, 0.3) is 0 Å². The second kappa shape index (κ2) is 15.0. The molecule has 3 N–H and O–H groups in total. The van der Waals surface area contributed by atoms with Gasteiger partial charge >= 0.3 is 0 Å². The van der Waals surface area contributed by atoms with Gasteiger partial charge in [-0.25, -0.2) is 0 Å². The zero-order valence-corrected chi connectivity index (χ0v) is 29.7. The van der Waals surface area contributed by atoms with Crippen LogP contribution < -0.4 is 33.2 Å². The summed E-state index contributed by atoms with van der Waals surface area (Å²) in [6.07, 6.45) is -0.0722. The van der Waals surface area contributed by atoms with Gasteiger partial charge in [0.05, 0.1) is 68.1 Å². The number of phenolic OH excluding ortho intramolecular Hbond substituents is 3. The Hall–Kier alpha value is -5.20. The fraction of sp³-hybridized carbons (Fsp3) is 0.385. The van der Waals surface area contributed by atoms with Crippen LogP contribution in [-0.2, 0) is 15.9 Å². The average molecular weight is 705 g/mol. The topological polar surface area (TPSA) is 144 Å². The van der Waals surface area contributed by atoms with E-state index < -0.39 is 0 Å². The molecule has 2 fully saturated rings. The zero-order chi connectivity index (χ0) is 36.4. The molecule has 2 aliphatic rings. The van der Waals surface area contributed by atoms with Gasteiger partial charge in [-0.1, -0.05) is 13.0 Å². The summed E-state index contributed by atoms with van der Waals surface area (Å²) in [5.41, 5.74) is 3.47. The lowest BCUT2D eigenvalue weighted by Gasteiger charge is -2.21. The van der Waals surface area contributed by atoms with E-state index in [4.69, 9.17) is 42.6 Å². The molecule has 6 rings (SSSR count). The Morgan fingerprint density at radius 1 is 0.588 bits per heavy atom. The number of fused-ring (bicyclic) bond motifs is 1. The highest BCUT2D eigenvalue weighted by Crippen LogP contribution is 2.54. The van der Waals surface area contributed by atoms with Gasteiger partial charge in [-0.2, -0.15) is 0 Å². The zero-order valence-electron chi connectivity index (χ0n) is 29.7. The fourth-order valence-electron chi connectivity index (χ4n) is 7.05. The van der Waals surface area contributed by atoms with E-state index in [9.17, 15) is 15.3 Å². The first-order valence-electron chi connectivity index (χ1n) is 16.5. The van der Waals surface area contributed by atoms with E-state index in [2.05, 4.69) is 6.92 Å². The molecule has 0 spiro atoms. The molecule has 12 nitrogen and oxygen atoms in total. The Labute approximate surface area is 296 Å². The van der Waals surface area contributed by atoms with Gasteiger partial charge in [-0.3, -0.25) is 0 Å². The van der Waals surface area contributed by atoms with E-state index in [0.29, 0.717) is 48.4 Å². The van der Waals surface area contributed by atoms with Crippen molar-refractivity contribution in [1.29, 1.82) is 0 Å². The molecule has 0 aliphatic carbocycles. The summed E-state index contributed by atoms with van der Waals surface area (Å²) in [6.45, 7) is 2.92. The second-order valence-corrected chi connectivity index (χ2v) is 12.6. The monoisotopic (exact) mass is 704 g/mol. The van der Waals surface area contributed by atoms with Crippen LogP contribution in [0.4, 0.5) is 0 Å². The molecule has 5 unspecified atom stereocenters. The van der Waals surface area contributed by atoms with E-state index in [1.165, 1.54) is 28.4 Å². The highest BCUT2D eigenvalue weighted by molar-refractivity contribution is 5.60. The maximum Gasteiger partial charge on any atom is 0.211 e. The fourth-order valence-corrected chi connectivity index (χ4v) is 7.05. The molecule has 0 saturated carbocycles. The summed E-state index contributed by atoms with van der Waals surface area (Å²) in [5, 5.41) is 31.7. The second-order valence-electron chi connectivity index (χ2n) is 12.6. The van der Waals surface area contributed by atoms with Crippen LogP contribution in [0.3, 0.4) is 0 Å². The van der Waals surface area contributed by atoms with E-state index >= 15 is 0 Å². The van der Waals surface area contributed by atoms with Crippen LogP contribution >= 0.6 is 0 Å². The third-order valence-corrected chi connectivity index (χ3v) is 9.75. The van der Waals surface area contributed by atoms with Crippen LogP contribution in [0.2, 0.25) is 0 Å². The number of hydrogen-bond acceptors (Lipinski definition) is 12. The predicted molar refractivity (Wildman–Crippen MR) is 187 cm³/mol. The average Bonchev–Trinajstić information content (AvgIpc) is 3.76. The smallest absolute Gasteiger partial charge is 0.211 e. The summed E-state index contributed by atoms with van der Waals surface area (Å²) in [6, 6.07) is 16.0. The normalized spacial score (nSPS) is 20.0. The van der Waals surface area contributed by atoms with Crippen molar-refractivity contribution in [3.63, 3.8) is 0 Å². The minimum Gasteiger partial charge on any atom is -0.504 e. The van der Waals surface area contributed by atoms with Gasteiger partial charge in [-0.05, 0) is 83.1 Å². The number of ether oxygens (including phenoxy) is 9. The number of aromatic hydroxyl groups is 3. The maximum atomic E-state index is 11.2.